The van der Waals surface area contributed by atoms with Gasteiger partial charge in [0.15, 0.2) is 5.82 Å². The summed E-state index contributed by atoms with van der Waals surface area (Å²) in [4.78, 5) is 13.4. The molecule has 0 unspecified atom stereocenters. The van der Waals surface area contributed by atoms with Crippen LogP contribution in [0.5, 0.6) is 5.88 Å². The zero-order valence-electron chi connectivity index (χ0n) is 10.3. The number of aromatic nitrogens is 3. The molecular formula is C11H15N5OS. The summed E-state index contributed by atoms with van der Waals surface area (Å²) in [5.41, 5.74) is 9.19. The van der Waals surface area contributed by atoms with E-state index in [1.807, 2.05) is 19.4 Å². The number of nitrogen functional groups attached to an aromatic ring is 1. The standard InChI is InChI=1S/C11H15N5OS/c1-3-17-11-9(12)10(14-5-15-11)13-4-8-7(2)16-6-18-8/h5-6H,3-4,12H2,1-2H3,(H,13,14,15). The molecule has 2 aromatic rings. The minimum atomic E-state index is 0.413. The fraction of sp³-hybridized carbons (Fsp3) is 0.364. The summed E-state index contributed by atoms with van der Waals surface area (Å²) in [7, 11) is 0. The summed E-state index contributed by atoms with van der Waals surface area (Å²) in [6, 6.07) is 0. The van der Waals surface area contributed by atoms with Crippen molar-refractivity contribution >= 4 is 22.8 Å². The highest BCUT2D eigenvalue weighted by atomic mass is 32.1. The van der Waals surface area contributed by atoms with Gasteiger partial charge in [-0.15, -0.1) is 11.3 Å². The number of nitrogens with two attached hydrogens (primary N) is 1. The molecule has 2 heterocycles. The number of nitrogens with one attached hydrogen (secondary N) is 1. The largest absolute Gasteiger partial charge is 0.476 e. The third-order valence-corrected chi connectivity index (χ3v) is 3.32. The Balaban J connectivity index is 2.10. The van der Waals surface area contributed by atoms with E-state index in [1.54, 1.807) is 11.3 Å². The van der Waals surface area contributed by atoms with Crippen molar-refractivity contribution in [2.24, 2.45) is 0 Å². The minimum absolute atomic E-state index is 0.413. The third-order valence-electron chi connectivity index (χ3n) is 2.39. The molecule has 2 aromatic heterocycles. The zero-order chi connectivity index (χ0) is 13.0. The molecule has 0 fully saturated rings. The Bertz CT molecular complexity index is 528. The minimum Gasteiger partial charge on any atom is -0.476 e. The third kappa shape index (κ3) is 2.67. The molecule has 0 atom stereocenters. The van der Waals surface area contributed by atoms with Crippen molar-refractivity contribution in [3.63, 3.8) is 0 Å². The van der Waals surface area contributed by atoms with Crippen LogP contribution >= 0.6 is 11.3 Å². The number of nitrogens with zero attached hydrogens (tertiary/aromatic N) is 3. The molecule has 0 radical (unpaired) electrons. The van der Waals surface area contributed by atoms with Crippen molar-refractivity contribution < 1.29 is 4.74 Å². The van der Waals surface area contributed by atoms with Crippen LogP contribution in [0.4, 0.5) is 11.5 Å². The highest BCUT2D eigenvalue weighted by Crippen LogP contribution is 2.25. The Hall–Kier alpha value is -1.89. The van der Waals surface area contributed by atoms with Crippen LogP contribution in [-0.4, -0.2) is 21.6 Å². The predicted octanol–water partition coefficient (Wildman–Crippen LogP) is 1.83. The van der Waals surface area contributed by atoms with Crippen molar-refractivity contribution in [1.29, 1.82) is 0 Å². The first-order valence-electron chi connectivity index (χ1n) is 5.58. The number of hydrogen-bond donors (Lipinski definition) is 2. The van der Waals surface area contributed by atoms with Gasteiger partial charge in [-0.2, -0.15) is 4.98 Å². The maximum Gasteiger partial charge on any atom is 0.242 e. The lowest BCUT2D eigenvalue weighted by atomic mass is 10.4. The van der Waals surface area contributed by atoms with Gasteiger partial charge in [0.05, 0.1) is 24.4 Å². The summed E-state index contributed by atoms with van der Waals surface area (Å²) in [6.07, 6.45) is 1.43. The van der Waals surface area contributed by atoms with E-state index < -0.39 is 0 Å². The predicted molar refractivity (Wildman–Crippen MR) is 71.8 cm³/mol. The molecule has 96 valence electrons. The van der Waals surface area contributed by atoms with Crippen LogP contribution in [0.2, 0.25) is 0 Å². The van der Waals surface area contributed by atoms with Gasteiger partial charge in [0.25, 0.3) is 0 Å². The molecular weight excluding hydrogens is 250 g/mol. The highest BCUT2D eigenvalue weighted by molar-refractivity contribution is 7.09. The Labute approximate surface area is 109 Å². The molecule has 0 aliphatic rings. The summed E-state index contributed by atoms with van der Waals surface area (Å²) >= 11 is 1.60. The SMILES string of the molecule is CCOc1ncnc(NCc2scnc2C)c1N. The molecule has 0 saturated heterocycles. The summed E-state index contributed by atoms with van der Waals surface area (Å²) in [5, 5.41) is 3.17. The molecule has 0 saturated carbocycles. The van der Waals surface area contributed by atoms with Gasteiger partial charge in [-0.25, -0.2) is 9.97 Å². The second-order valence-corrected chi connectivity index (χ2v) is 4.53. The lowest BCUT2D eigenvalue weighted by Gasteiger charge is -2.10. The maximum atomic E-state index is 5.92. The molecule has 0 spiro atoms. The van der Waals surface area contributed by atoms with Crippen LogP contribution in [0.25, 0.3) is 0 Å². The number of thiazole rings is 1. The number of hydrogen-bond acceptors (Lipinski definition) is 7. The van der Waals surface area contributed by atoms with E-state index >= 15 is 0 Å². The molecule has 0 amide bonds. The second kappa shape index (κ2) is 5.63. The maximum absolute atomic E-state index is 5.92. The van der Waals surface area contributed by atoms with Crippen molar-refractivity contribution in [1.82, 2.24) is 15.0 Å². The molecule has 3 N–H and O–H groups in total. The Morgan fingerprint density at radius 2 is 2.22 bits per heavy atom. The normalized spacial score (nSPS) is 10.3. The molecule has 0 bridgehead atoms. The molecule has 0 aliphatic heterocycles. The van der Waals surface area contributed by atoms with E-state index in [0.717, 1.165) is 10.6 Å². The average molecular weight is 265 g/mol. The highest BCUT2D eigenvalue weighted by Gasteiger charge is 2.09. The molecule has 0 aliphatic carbocycles. The summed E-state index contributed by atoms with van der Waals surface area (Å²) < 4.78 is 5.31. The van der Waals surface area contributed by atoms with E-state index in [0.29, 0.717) is 30.5 Å². The fourth-order valence-electron chi connectivity index (χ4n) is 1.43. The van der Waals surface area contributed by atoms with Gasteiger partial charge in [0.2, 0.25) is 5.88 Å². The quantitative estimate of drug-likeness (QED) is 0.857. The first-order valence-corrected chi connectivity index (χ1v) is 6.46. The number of anilines is 2. The van der Waals surface area contributed by atoms with Gasteiger partial charge < -0.3 is 15.8 Å². The first-order chi connectivity index (χ1) is 8.72. The second-order valence-electron chi connectivity index (χ2n) is 3.59. The Kier molecular flexibility index (Phi) is 3.93. The van der Waals surface area contributed by atoms with Gasteiger partial charge in [-0.1, -0.05) is 0 Å². The summed E-state index contributed by atoms with van der Waals surface area (Å²) in [6.45, 7) is 5.02. The zero-order valence-corrected chi connectivity index (χ0v) is 11.1. The van der Waals surface area contributed by atoms with Gasteiger partial charge in [0, 0.05) is 4.88 Å². The van der Waals surface area contributed by atoms with Crippen molar-refractivity contribution in [3.05, 3.63) is 22.4 Å². The average Bonchev–Trinajstić information content (AvgIpc) is 2.76. The van der Waals surface area contributed by atoms with E-state index in [-0.39, 0.29) is 0 Å². The smallest absolute Gasteiger partial charge is 0.242 e. The van der Waals surface area contributed by atoms with Gasteiger partial charge in [-0.3, -0.25) is 0 Å². The monoisotopic (exact) mass is 265 g/mol. The van der Waals surface area contributed by atoms with E-state index in [2.05, 4.69) is 20.3 Å². The van der Waals surface area contributed by atoms with E-state index in [1.165, 1.54) is 6.33 Å². The number of ether oxygens (including phenoxy) is 1. The topological polar surface area (TPSA) is 86.0 Å². The molecule has 6 nitrogen and oxygen atoms in total. The van der Waals surface area contributed by atoms with Crippen molar-refractivity contribution in [2.75, 3.05) is 17.7 Å². The lowest BCUT2D eigenvalue weighted by Crippen LogP contribution is -2.07. The summed E-state index contributed by atoms with van der Waals surface area (Å²) in [5.74, 6) is 0.997. The Morgan fingerprint density at radius 3 is 2.89 bits per heavy atom. The van der Waals surface area contributed by atoms with Crippen LogP contribution in [-0.2, 0) is 6.54 Å². The van der Waals surface area contributed by atoms with Crippen LogP contribution in [0, 0.1) is 6.92 Å². The first kappa shape index (κ1) is 12.6. The van der Waals surface area contributed by atoms with Gasteiger partial charge in [-0.05, 0) is 13.8 Å². The molecule has 18 heavy (non-hydrogen) atoms. The van der Waals surface area contributed by atoms with Crippen LogP contribution in [0.15, 0.2) is 11.8 Å². The van der Waals surface area contributed by atoms with Crippen molar-refractivity contribution in [3.8, 4) is 5.88 Å². The van der Waals surface area contributed by atoms with Gasteiger partial charge in [0.1, 0.15) is 12.0 Å². The molecule has 0 aromatic carbocycles. The van der Waals surface area contributed by atoms with E-state index in [9.17, 15) is 0 Å². The van der Waals surface area contributed by atoms with Crippen LogP contribution < -0.4 is 15.8 Å². The Morgan fingerprint density at radius 1 is 1.39 bits per heavy atom. The number of aryl methyl sites for hydroxylation is 1. The van der Waals surface area contributed by atoms with Crippen molar-refractivity contribution in [2.45, 2.75) is 20.4 Å². The molecule has 7 heteroatoms. The van der Waals surface area contributed by atoms with Gasteiger partial charge >= 0.3 is 0 Å². The van der Waals surface area contributed by atoms with E-state index in [4.69, 9.17) is 10.5 Å². The van der Waals surface area contributed by atoms with Crippen LogP contribution in [0.1, 0.15) is 17.5 Å². The molecule has 2 rings (SSSR count). The van der Waals surface area contributed by atoms with Crippen LogP contribution in [0.3, 0.4) is 0 Å². The lowest BCUT2D eigenvalue weighted by molar-refractivity contribution is 0.328. The fourth-order valence-corrected chi connectivity index (χ4v) is 2.15. The number of rotatable bonds is 5.